The lowest BCUT2D eigenvalue weighted by Crippen LogP contribution is -2.30. The van der Waals surface area contributed by atoms with Gasteiger partial charge in [0.2, 0.25) is 0 Å². The molecule has 0 N–H and O–H groups in total. The van der Waals surface area contributed by atoms with Crippen LogP contribution < -0.4 is 0 Å². The van der Waals surface area contributed by atoms with Gasteiger partial charge in [-0.3, -0.25) is 14.4 Å². The third-order valence-electron chi connectivity index (χ3n) is 12.6. The Bertz CT molecular complexity index is 1620. The van der Waals surface area contributed by atoms with Crippen LogP contribution in [0.15, 0.2) is 134 Å². The largest absolute Gasteiger partial charge is 0.462 e. The monoisotopic (exact) mass is 1040 g/mol. The zero-order valence-electron chi connectivity index (χ0n) is 48.5. The third kappa shape index (κ3) is 60.3. The molecule has 6 heteroatoms. The summed E-state index contributed by atoms with van der Waals surface area (Å²) in [6, 6.07) is 0. The highest BCUT2D eigenvalue weighted by atomic mass is 16.6. The molecule has 0 fully saturated rings. The van der Waals surface area contributed by atoms with Gasteiger partial charge in [0.25, 0.3) is 0 Å². The summed E-state index contributed by atoms with van der Waals surface area (Å²) in [6.07, 6.45) is 87.3. The molecule has 6 nitrogen and oxygen atoms in total. The predicted octanol–water partition coefficient (Wildman–Crippen LogP) is 21.0. The van der Waals surface area contributed by atoms with Gasteiger partial charge in [-0.25, -0.2) is 0 Å². The van der Waals surface area contributed by atoms with E-state index >= 15 is 0 Å². The van der Waals surface area contributed by atoms with E-state index in [0.29, 0.717) is 25.7 Å². The molecule has 0 saturated carbocycles. The van der Waals surface area contributed by atoms with Crippen LogP contribution in [0.4, 0.5) is 0 Å². The normalized spacial score (nSPS) is 13.1. The van der Waals surface area contributed by atoms with Crippen molar-refractivity contribution in [1.29, 1.82) is 0 Å². The number of esters is 3. The Morgan fingerprint density at radius 2 is 0.520 bits per heavy atom. The van der Waals surface area contributed by atoms with Crippen molar-refractivity contribution in [3.8, 4) is 0 Å². The molecular weight excluding hydrogens is 925 g/mol. The van der Waals surface area contributed by atoms with Crippen molar-refractivity contribution in [2.24, 2.45) is 0 Å². The highest BCUT2D eigenvalue weighted by molar-refractivity contribution is 5.71. The van der Waals surface area contributed by atoms with Gasteiger partial charge in [-0.2, -0.15) is 0 Å². The maximum absolute atomic E-state index is 12.9. The lowest BCUT2D eigenvalue weighted by molar-refractivity contribution is -0.167. The van der Waals surface area contributed by atoms with E-state index in [1.54, 1.807) is 0 Å². The van der Waals surface area contributed by atoms with Crippen molar-refractivity contribution in [3.63, 3.8) is 0 Å². The van der Waals surface area contributed by atoms with E-state index in [1.165, 1.54) is 89.9 Å². The average molecular weight is 1040 g/mol. The molecule has 0 aromatic carbocycles. The molecule has 0 rings (SSSR count). The van der Waals surface area contributed by atoms with Crippen molar-refractivity contribution in [2.45, 2.75) is 271 Å². The van der Waals surface area contributed by atoms with Crippen LogP contribution in [0.1, 0.15) is 265 Å². The summed E-state index contributed by atoms with van der Waals surface area (Å²) in [5, 5.41) is 0. The summed E-state index contributed by atoms with van der Waals surface area (Å²) in [6.45, 7) is 6.36. The number of allylic oxidation sites excluding steroid dienone is 22. The van der Waals surface area contributed by atoms with E-state index < -0.39 is 6.10 Å². The van der Waals surface area contributed by atoms with Crippen LogP contribution in [-0.4, -0.2) is 37.2 Å². The van der Waals surface area contributed by atoms with Crippen molar-refractivity contribution in [1.82, 2.24) is 0 Å². The van der Waals surface area contributed by atoms with Crippen LogP contribution in [0.3, 0.4) is 0 Å². The van der Waals surface area contributed by atoms with Crippen LogP contribution in [-0.2, 0) is 28.6 Å². The SMILES string of the molecule is CC/C=C\C/C=C\C/C=C\C/C=C\C/C=C\C/C=C\CCCCC(=O)OCC(COC(=O)CCCCCCCCC/C=C\CCCCCCCC)OC(=O)CCCCCCCC/C=C\C/C=C\C/C=C\C/C=C\CC. The number of rotatable bonds is 54. The summed E-state index contributed by atoms with van der Waals surface area (Å²) >= 11 is 0. The van der Waals surface area contributed by atoms with Gasteiger partial charge in [-0.15, -0.1) is 0 Å². The summed E-state index contributed by atoms with van der Waals surface area (Å²) in [4.78, 5) is 38.3. The molecule has 0 aromatic heterocycles. The number of unbranched alkanes of at least 4 members (excludes halogenated alkanes) is 21. The van der Waals surface area contributed by atoms with Crippen molar-refractivity contribution in [2.75, 3.05) is 13.2 Å². The molecule has 0 spiro atoms. The van der Waals surface area contributed by atoms with Gasteiger partial charge in [-0.05, 0) is 135 Å². The lowest BCUT2D eigenvalue weighted by atomic mass is 10.1. The molecule has 0 aliphatic carbocycles. The summed E-state index contributed by atoms with van der Waals surface area (Å²) in [7, 11) is 0. The van der Waals surface area contributed by atoms with Gasteiger partial charge in [0.05, 0.1) is 0 Å². The fraction of sp³-hybridized carbons (Fsp3) is 0.638. The van der Waals surface area contributed by atoms with Gasteiger partial charge >= 0.3 is 17.9 Å². The van der Waals surface area contributed by atoms with Gasteiger partial charge < -0.3 is 14.2 Å². The standard InChI is InChI=1S/C69H112O6/c1-4-7-10-13-16-19-22-25-28-31-33-34-36-38-41-44-47-50-53-56-59-62-68(71)74-65-66(64-73-67(70)61-58-55-52-49-46-43-40-37-30-27-24-21-18-15-12-9-6-3)75-69(72)63-60-57-54-51-48-45-42-39-35-32-29-26-23-20-17-14-11-8-5-2/h7-8,10-11,16-17,19-20,25-30,33-35,38-39,41,47,50,66H,4-6,9,12-15,18,21-24,31-32,36-37,40,42-46,48-49,51-65H2,1-3H3/b10-7-,11-8-,19-16-,20-17-,28-25-,29-26-,30-27-,34-33-,39-35-,41-38-,50-47-. The van der Waals surface area contributed by atoms with E-state index in [1.807, 2.05) is 0 Å². The maximum atomic E-state index is 12.9. The maximum Gasteiger partial charge on any atom is 0.306 e. The second-order valence-corrected chi connectivity index (χ2v) is 19.8. The molecule has 0 radical (unpaired) electrons. The molecule has 0 heterocycles. The quantitative estimate of drug-likeness (QED) is 0.0261. The van der Waals surface area contributed by atoms with Gasteiger partial charge in [0.1, 0.15) is 13.2 Å². The Kier molecular flexibility index (Phi) is 58.4. The number of ether oxygens (including phenoxy) is 3. The molecule has 0 aromatic rings. The fourth-order valence-electron chi connectivity index (χ4n) is 8.08. The Morgan fingerprint density at radius 1 is 0.280 bits per heavy atom. The van der Waals surface area contributed by atoms with Crippen molar-refractivity contribution >= 4 is 17.9 Å². The smallest absolute Gasteiger partial charge is 0.306 e. The lowest BCUT2D eigenvalue weighted by Gasteiger charge is -2.18. The van der Waals surface area contributed by atoms with E-state index in [4.69, 9.17) is 14.2 Å². The topological polar surface area (TPSA) is 78.9 Å². The van der Waals surface area contributed by atoms with Gasteiger partial charge in [-0.1, -0.05) is 244 Å². The first-order valence-corrected chi connectivity index (χ1v) is 30.7. The highest BCUT2D eigenvalue weighted by Crippen LogP contribution is 2.14. The Hall–Kier alpha value is -4.45. The first kappa shape index (κ1) is 70.5. The Morgan fingerprint density at radius 3 is 0.853 bits per heavy atom. The molecule has 75 heavy (non-hydrogen) atoms. The minimum Gasteiger partial charge on any atom is -0.462 e. The summed E-state index contributed by atoms with van der Waals surface area (Å²) < 4.78 is 16.9. The molecule has 1 unspecified atom stereocenters. The predicted molar refractivity (Wildman–Crippen MR) is 325 cm³/mol. The van der Waals surface area contributed by atoms with E-state index in [2.05, 4.69) is 154 Å². The first-order valence-electron chi connectivity index (χ1n) is 30.7. The van der Waals surface area contributed by atoms with Crippen LogP contribution >= 0.6 is 0 Å². The molecule has 0 aliphatic rings. The minimum absolute atomic E-state index is 0.104. The van der Waals surface area contributed by atoms with Crippen LogP contribution in [0.25, 0.3) is 0 Å². The van der Waals surface area contributed by atoms with Crippen molar-refractivity contribution < 1.29 is 28.6 Å². The van der Waals surface area contributed by atoms with Gasteiger partial charge in [0.15, 0.2) is 6.10 Å². The molecule has 0 bridgehead atoms. The summed E-state index contributed by atoms with van der Waals surface area (Å²) in [5.41, 5.74) is 0. The van der Waals surface area contributed by atoms with Crippen LogP contribution in [0.5, 0.6) is 0 Å². The molecule has 0 amide bonds. The number of hydrogen-bond donors (Lipinski definition) is 0. The number of hydrogen-bond acceptors (Lipinski definition) is 6. The second-order valence-electron chi connectivity index (χ2n) is 19.8. The first-order chi connectivity index (χ1) is 37.0. The Balaban J connectivity index is 4.52. The van der Waals surface area contributed by atoms with E-state index in [-0.39, 0.29) is 31.1 Å². The number of carbonyl (C=O) groups is 3. The second kappa shape index (κ2) is 62.1. The third-order valence-corrected chi connectivity index (χ3v) is 12.6. The zero-order valence-corrected chi connectivity index (χ0v) is 48.5. The molecule has 1 atom stereocenters. The van der Waals surface area contributed by atoms with E-state index in [9.17, 15) is 14.4 Å². The minimum atomic E-state index is -0.812. The van der Waals surface area contributed by atoms with Crippen molar-refractivity contribution in [3.05, 3.63) is 134 Å². The fourth-order valence-corrected chi connectivity index (χ4v) is 8.08. The molecule has 0 aliphatic heterocycles. The molecule has 0 saturated heterocycles. The van der Waals surface area contributed by atoms with Crippen LogP contribution in [0.2, 0.25) is 0 Å². The van der Waals surface area contributed by atoms with E-state index in [0.717, 1.165) is 128 Å². The van der Waals surface area contributed by atoms with Crippen LogP contribution in [0, 0.1) is 0 Å². The zero-order chi connectivity index (χ0) is 54.3. The summed E-state index contributed by atoms with van der Waals surface area (Å²) in [5.74, 6) is -0.967. The average Bonchev–Trinajstić information content (AvgIpc) is 3.41. The number of carbonyl (C=O) groups excluding carboxylic acids is 3. The Labute approximate surface area is 462 Å². The highest BCUT2D eigenvalue weighted by Gasteiger charge is 2.19. The molecular formula is C69H112O6. The van der Waals surface area contributed by atoms with Gasteiger partial charge in [0, 0.05) is 19.3 Å². The molecule has 424 valence electrons.